The topological polar surface area (TPSA) is 134 Å². The summed E-state index contributed by atoms with van der Waals surface area (Å²) in [5.41, 5.74) is -1.41. The third-order valence-electron chi connectivity index (χ3n) is 2.56. The number of carboxylic acids is 1. The predicted octanol–water partition coefficient (Wildman–Crippen LogP) is -1.92. The molecule has 0 aromatic carbocycles. The van der Waals surface area contributed by atoms with Crippen LogP contribution in [0.1, 0.15) is 6.42 Å². The molecule has 0 bridgehead atoms. The van der Waals surface area contributed by atoms with E-state index in [1.54, 1.807) is 0 Å². The molecule has 0 aromatic heterocycles. The number of hydrogen-bond donors (Lipinski definition) is 4. The molecule has 10 heteroatoms. The van der Waals surface area contributed by atoms with Gasteiger partial charge in [0.25, 0.3) is 0 Å². The Morgan fingerprint density at radius 2 is 2.05 bits per heavy atom. The Morgan fingerprint density at radius 3 is 2.53 bits per heavy atom. The molecule has 0 aromatic rings. The summed E-state index contributed by atoms with van der Waals surface area (Å²) in [5.74, 6) is -1.16. The first-order valence-electron chi connectivity index (χ1n) is 5.57. The number of sulfonamides is 1. The Labute approximate surface area is 110 Å². The molecular weight excluding hydrogens is 278 g/mol. The molecule has 1 rings (SSSR count). The lowest BCUT2D eigenvalue weighted by atomic mass is 9.99. The van der Waals surface area contributed by atoms with E-state index in [-0.39, 0.29) is 32.7 Å². The van der Waals surface area contributed by atoms with Crippen LogP contribution in [0.4, 0.5) is 4.79 Å². The third-order valence-corrected chi connectivity index (χ3v) is 3.29. The Kier molecular flexibility index (Phi) is 5.09. The Morgan fingerprint density at radius 1 is 1.37 bits per heavy atom. The Balaban J connectivity index is 2.36. The van der Waals surface area contributed by atoms with Crippen molar-refractivity contribution in [2.75, 3.05) is 32.6 Å². The largest absolute Gasteiger partial charge is 0.479 e. The van der Waals surface area contributed by atoms with Crippen molar-refractivity contribution in [3.05, 3.63) is 0 Å². The Bertz CT molecular complexity index is 443. The van der Waals surface area contributed by atoms with Crippen molar-refractivity contribution >= 4 is 22.0 Å². The number of ether oxygens (including phenoxy) is 1. The summed E-state index contributed by atoms with van der Waals surface area (Å²) in [4.78, 5) is 22.6. The second kappa shape index (κ2) is 6.17. The highest BCUT2D eigenvalue weighted by atomic mass is 32.2. The van der Waals surface area contributed by atoms with Crippen LogP contribution in [0.3, 0.4) is 0 Å². The van der Waals surface area contributed by atoms with Crippen molar-refractivity contribution in [2.24, 2.45) is 0 Å². The number of amides is 2. The first-order chi connectivity index (χ1) is 8.75. The first-order valence-corrected chi connectivity index (χ1v) is 7.46. The average Bonchev–Trinajstić information content (AvgIpc) is 2.73. The summed E-state index contributed by atoms with van der Waals surface area (Å²) < 4.78 is 28.7. The number of nitrogens with one attached hydrogen (secondary N) is 3. The van der Waals surface area contributed by atoms with Gasteiger partial charge in [0.2, 0.25) is 10.0 Å². The van der Waals surface area contributed by atoms with Crippen molar-refractivity contribution < 1.29 is 27.9 Å². The highest BCUT2D eigenvalue weighted by Crippen LogP contribution is 2.18. The lowest BCUT2D eigenvalue weighted by Gasteiger charge is -2.23. The summed E-state index contributed by atoms with van der Waals surface area (Å²) in [5, 5.41) is 13.8. The summed E-state index contributed by atoms with van der Waals surface area (Å²) in [6.45, 7) is 0.262. The van der Waals surface area contributed by atoms with Crippen molar-refractivity contribution in [2.45, 2.75) is 12.0 Å². The molecule has 1 fully saturated rings. The van der Waals surface area contributed by atoms with Gasteiger partial charge in [-0.1, -0.05) is 0 Å². The van der Waals surface area contributed by atoms with Crippen molar-refractivity contribution in [3.8, 4) is 0 Å². The van der Waals surface area contributed by atoms with Crippen LogP contribution in [0.25, 0.3) is 0 Å². The maximum absolute atomic E-state index is 11.5. The fourth-order valence-corrected chi connectivity index (χ4v) is 2.03. The first kappa shape index (κ1) is 15.7. The van der Waals surface area contributed by atoms with Crippen LogP contribution in [0.15, 0.2) is 0 Å². The standard InChI is InChI=1S/C9H17N3O6S/c1-19(16,17)11-4-3-10-8(15)12-9(7(13)14)2-5-18-6-9/h11H,2-6H2,1H3,(H,13,14)(H2,10,12,15). The van der Waals surface area contributed by atoms with Gasteiger partial charge in [0, 0.05) is 26.1 Å². The zero-order valence-corrected chi connectivity index (χ0v) is 11.2. The number of carboxylic acid groups (broad SMARTS) is 1. The van der Waals surface area contributed by atoms with Crippen LogP contribution in [-0.4, -0.2) is 63.6 Å². The van der Waals surface area contributed by atoms with Gasteiger partial charge < -0.3 is 20.5 Å². The predicted molar refractivity (Wildman–Crippen MR) is 65.2 cm³/mol. The molecular formula is C9H17N3O6S. The molecule has 1 saturated heterocycles. The molecule has 1 aliphatic rings. The molecule has 110 valence electrons. The third kappa shape index (κ3) is 5.01. The van der Waals surface area contributed by atoms with Crippen molar-refractivity contribution in [1.82, 2.24) is 15.4 Å². The highest BCUT2D eigenvalue weighted by Gasteiger charge is 2.43. The van der Waals surface area contributed by atoms with Crippen LogP contribution in [0.5, 0.6) is 0 Å². The lowest BCUT2D eigenvalue weighted by molar-refractivity contribution is -0.144. The van der Waals surface area contributed by atoms with Gasteiger partial charge in [-0.2, -0.15) is 0 Å². The molecule has 0 saturated carbocycles. The summed E-state index contributed by atoms with van der Waals surface area (Å²) in [6.07, 6.45) is 1.19. The monoisotopic (exact) mass is 295 g/mol. The molecule has 1 aliphatic heterocycles. The zero-order chi connectivity index (χ0) is 14.5. The van der Waals surface area contributed by atoms with Gasteiger partial charge in [-0.05, 0) is 0 Å². The van der Waals surface area contributed by atoms with Gasteiger partial charge >= 0.3 is 12.0 Å². The minimum Gasteiger partial charge on any atom is -0.479 e. The SMILES string of the molecule is CS(=O)(=O)NCCNC(=O)NC1(C(=O)O)CCOC1. The van der Waals surface area contributed by atoms with Crippen LogP contribution < -0.4 is 15.4 Å². The van der Waals surface area contributed by atoms with E-state index >= 15 is 0 Å². The number of carbonyl (C=O) groups excluding carboxylic acids is 1. The van der Waals surface area contributed by atoms with E-state index in [2.05, 4.69) is 15.4 Å². The quantitative estimate of drug-likeness (QED) is 0.422. The molecule has 1 atom stereocenters. The van der Waals surface area contributed by atoms with E-state index in [4.69, 9.17) is 9.84 Å². The van der Waals surface area contributed by atoms with Gasteiger partial charge in [-0.3, -0.25) is 0 Å². The normalized spacial score (nSPS) is 23.0. The molecule has 9 nitrogen and oxygen atoms in total. The molecule has 0 radical (unpaired) electrons. The maximum atomic E-state index is 11.5. The van der Waals surface area contributed by atoms with Crippen LogP contribution >= 0.6 is 0 Å². The smallest absolute Gasteiger partial charge is 0.332 e. The number of carbonyl (C=O) groups is 2. The van der Waals surface area contributed by atoms with Gasteiger partial charge in [0.05, 0.1) is 12.9 Å². The lowest BCUT2D eigenvalue weighted by Crippen LogP contribution is -2.58. The summed E-state index contributed by atoms with van der Waals surface area (Å²) in [6, 6.07) is -0.678. The molecule has 2 amide bonds. The van der Waals surface area contributed by atoms with E-state index in [9.17, 15) is 18.0 Å². The summed E-state index contributed by atoms with van der Waals surface area (Å²) in [7, 11) is -3.31. The number of rotatable bonds is 6. The number of aliphatic carboxylic acids is 1. The zero-order valence-electron chi connectivity index (χ0n) is 10.4. The highest BCUT2D eigenvalue weighted by molar-refractivity contribution is 7.88. The summed E-state index contributed by atoms with van der Waals surface area (Å²) >= 11 is 0. The van der Waals surface area contributed by atoms with E-state index in [1.807, 2.05) is 0 Å². The van der Waals surface area contributed by atoms with E-state index < -0.39 is 27.6 Å². The van der Waals surface area contributed by atoms with Crippen LogP contribution in [0, 0.1) is 0 Å². The second-order valence-electron chi connectivity index (χ2n) is 4.24. The second-order valence-corrected chi connectivity index (χ2v) is 6.07. The van der Waals surface area contributed by atoms with Gasteiger partial charge in [0.1, 0.15) is 0 Å². The van der Waals surface area contributed by atoms with E-state index in [0.717, 1.165) is 6.26 Å². The van der Waals surface area contributed by atoms with Crippen molar-refractivity contribution in [1.29, 1.82) is 0 Å². The van der Waals surface area contributed by atoms with E-state index in [0.29, 0.717) is 0 Å². The average molecular weight is 295 g/mol. The molecule has 4 N–H and O–H groups in total. The molecule has 19 heavy (non-hydrogen) atoms. The van der Waals surface area contributed by atoms with E-state index in [1.165, 1.54) is 0 Å². The van der Waals surface area contributed by atoms with Crippen molar-refractivity contribution in [3.63, 3.8) is 0 Å². The molecule has 1 heterocycles. The maximum Gasteiger partial charge on any atom is 0.332 e. The van der Waals surface area contributed by atoms with Gasteiger partial charge in [0.15, 0.2) is 5.54 Å². The molecule has 0 spiro atoms. The fourth-order valence-electron chi connectivity index (χ4n) is 1.56. The van der Waals surface area contributed by atoms with Crippen LogP contribution in [0.2, 0.25) is 0 Å². The van der Waals surface area contributed by atoms with Gasteiger partial charge in [-0.15, -0.1) is 0 Å². The van der Waals surface area contributed by atoms with Gasteiger partial charge in [-0.25, -0.2) is 22.7 Å². The molecule has 1 unspecified atom stereocenters. The number of urea groups is 1. The molecule has 0 aliphatic carbocycles. The minimum absolute atomic E-state index is 0.0306. The fraction of sp³-hybridized carbons (Fsp3) is 0.778. The Hall–Kier alpha value is -1.39. The minimum atomic E-state index is -3.31. The van der Waals surface area contributed by atoms with Crippen LogP contribution in [-0.2, 0) is 19.6 Å². The number of hydrogen-bond acceptors (Lipinski definition) is 5.